The molecular formula is C17H17N3O4S. The van der Waals surface area contributed by atoms with Gasteiger partial charge in [-0.05, 0) is 31.2 Å². The fourth-order valence-electron chi connectivity index (χ4n) is 1.77. The van der Waals surface area contributed by atoms with E-state index >= 15 is 0 Å². The van der Waals surface area contributed by atoms with Gasteiger partial charge in [-0.25, -0.2) is 31.3 Å². The van der Waals surface area contributed by atoms with Crippen LogP contribution in [0.15, 0.2) is 58.5 Å². The third kappa shape index (κ3) is 5.79. The summed E-state index contributed by atoms with van der Waals surface area (Å²) in [4.78, 5) is 19.2. The van der Waals surface area contributed by atoms with Crippen LogP contribution in [0.5, 0.6) is 0 Å². The van der Waals surface area contributed by atoms with Gasteiger partial charge in [0.2, 0.25) is 9.84 Å². The minimum atomic E-state index is -4.05. The molecule has 0 heterocycles. The number of ether oxygens (including phenoxy) is 1. The number of rotatable bonds is 8. The summed E-state index contributed by atoms with van der Waals surface area (Å²) in [5, 5.41) is 0. The minimum Gasteiger partial charge on any atom is -0.462 e. The molecule has 0 saturated carbocycles. The normalized spacial score (nSPS) is 11.6. The van der Waals surface area contributed by atoms with E-state index in [1.54, 1.807) is 25.1 Å². The van der Waals surface area contributed by atoms with Crippen LogP contribution in [0.1, 0.15) is 6.92 Å². The SMILES string of the molecule is [C-]#[N+]CN(C=CC=C(C(=O)OCC)S(=O)(=O)c1ccccc1)C[N+]#[C-]. The molecule has 7 nitrogen and oxygen atoms in total. The molecule has 1 aromatic carbocycles. The molecule has 0 saturated heterocycles. The predicted molar refractivity (Wildman–Crippen MR) is 92.3 cm³/mol. The molecular weight excluding hydrogens is 342 g/mol. The summed E-state index contributed by atoms with van der Waals surface area (Å²) in [6.07, 6.45) is 3.81. The van der Waals surface area contributed by atoms with Crippen molar-refractivity contribution >= 4 is 15.8 Å². The number of allylic oxidation sites excluding steroid dienone is 2. The highest BCUT2D eigenvalue weighted by atomic mass is 32.2. The molecule has 1 rings (SSSR count). The topological polar surface area (TPSA) is 72.4 Å². The van der Waals surface area contributed by atoms with E-state index in [2.05, 4.69) is 9.69 Å². The van der Waals surface area contributed by atoms with Crippen LogP contribution in [0.25, 0.3) is 9.69 Å². The molecule has 1 aromatic rings. The summed E-state index contributed by atoms with van der Waals surface area (Å²) in [5.74, 6) is -0.960. The van der Waals surface area contributed by atoms with Gasteiger partial charge >= 0.3 is 5.97 Å². The molecule has 0 amide bonds. The zero-order valence-electron chi connectivity index (χ0n) is 13.6. The van der Waals surface area contributed by atoms with Crippen LogP contribution in [0.4, 0.5) is 0 Å². The largest absolute Gasteiger partial charge is 0.462 e. The fourth-order valence-corrected chi connectivity index (χ4v) is 3.07. The Labute approximate surface area is 147 Å². The predicted octanol–water partition coefficient (Wildman–Crippen LogP) is 2.48. The lowest BCUT2D eigenvalue weighted by Gasteiger charge is -2.08. The standard InChI is InChI=1S/C17H17N3O4S/c1-4-24-17(21)16(11-8-12-20(13-18-2)14-19-3)25(22,23)15-9-6-5-7-10-15/h5-12H,4,13-14H2,1H3. The smallest absolute Gasteiger partial charge is 0.350 e. The minimum absolute atomic E-state index is 0.0260. The average molecular weight is 359 g/mol. The van der Waals surface area contributed by atoms with Crippen LogP contribution in [0.3, 0.4) is 0 Å². The molecule has 0 atom stereocenters. The van der Waals surface area contributed by atoms with Crippen LogP contribution in [0, 0.1) is 13.1 Å². The van der Waals surface area contributed by atoms with E-state index in [-0.39, 0.29) is 24.8 Å². The van der Waals surface area contributed by atoms with Crippen LogP contribution in [-0.2, 0) is 19.4 Å². The molecule has 0 spiro atoms. The van der Waals surface area contributed by atoms with Crippen molar-refractivity contribution in [3.63, 3.8) is 0 Å². The second kappa shape index (κ2) is 9.91. The van der Waals surface area contributed by atoms with Crippen molar-refractivity contribution < 1.29 is 17.9 Å². The van der Waals surface area contributed by atoms with Gasteiger partial charge in [-0.3, -0.25) is 9.69 Å². The maximum Gasteiger partial charge on any atom is 0.350 e. The highest BCUT2D eigenvalue weighted by Gasteiger charge is 2.27. The molecule has 0 radical (unpaired) electrons. The second-order valence-corrected chi connectivity index (χ2v) is 6.52. The third-order valence-corrected chi connectivity index (χ3v) is 4.64. The molecule has 25 heavy (non-hydrogen) atoms. The Morgan fingerprint density at radius 3 is 2.32 bits per heavy atom. The fraction of sp³-hybridized carbons (Fsp3) is 0.235. The van der Waals surface area contributed by atoms with Gasteiger partial charge in [0.25, 0.3) is 13.3 Å². The lowest BCUT2D eigenvalue weighted by atomic mass is 10.4. The molecule has 0 aromatic heterocycles. The Bertz CT molecular complexity index is 815. The number of esters is 1. The van der Waals surface area contributed by atoms with Crippen molar-refractivity contribution in [2.45, 2.75) is 11.8 Å². The van der Waals surface area contributed by atoms with Crippen molar-refractivity contribution in [2.75, 3.05) is 19.9 Å². The Kier molecular flexibility index (Phi) is 7.91. The first-order chi connectivity index (χ1) is 12.0. The average Bonchev–Trinajstić information content (AvgIpc) is 2.59. The lowest BCUT2D eigenvalue weighted by molar-refractivity contribution is -0.137. The Morgan fingerprint density at radius 1 is 1.20 bits per heavy atom. The van der Waals surface area contributed by atoms with Gasteiger partial charge in [0, 0.05) is 6.20 Å². The number of hydrogen-bond donors (Lipinski definition) is 0. The summed E-state index contributed by atoms with van der Waals surface area (Å²) >= 11 is 0. The van der Waals surface area contributed by atoms with Crippen LogP contribution in [0.2, 0.25) is 0 Å². The number of nitrogens with zero attached hydrogens (tertiary/aromatic N) is 3. The van der Waals surface area contributed by atoms with E-state index in [0.717, 1.165) is 6.08 Å². The summed E-state index contributed by atoms with van der Waals surface area (Å²) < 4.78 is 30.2. The molecule has 0 aliphatic rings. The number of sulfone groups is 1. The molecule has 130 valence electrons. The van der Waals surface area contributed by atoms with Gasteiger partial charge in [0.05, 0.1) is 11.5 Å². The summed E-state index contributed by atoms with van der Waals surface area (Å²) in [5.41, 5.74) is 0. The quantitative estimate of drug-likeness (QED) is 0.309. The molecule has 0 aliphatic carbocycles. The van der Waals surface area contributed by atoms with Crippen molar-refractivity contribution in [1.29, 1.82) is 0 Å². The monoisotopic (exact) mass is 359 g/mol. The van der Waals surface area contributed by atoms with Crippen molar-refractivity contribution in [1.82, 2.24) is 4.90 Å². The van der Waals surface area contributed by atoms with Gasteiger partial charge in [-0.15, -0.1) is 0 Å². The lowest BCUT2D eigenvalue weighted by Crippen LogP contribution is -2.17. The van der Waals surface area contributed by atoms with Crippen LogP contribution >= 0.6 is 0 Å². The van der Waals surface area contributed by atoms with E-state index in [4.69, 9.17) is 17.9 Å². The summed E-state index contributed by atoms with van der Waals surface area (Å²) in [7, 11) is -4.05. The van der Waals surface area contributed by atoms with Gasteiger partial charge in [-0.1, -0.05) is 18.2 Å². The molecule has 0 bridgehead atoms. The van der Waals surface area contributed by atoms with E-state index in [0.29, 0.717) is 0 Å². The summed E-state index contributed by atoms with van der Waals surface area (Å²) in [6, 6.07) is 7.55. The van der Waals surface area contributed by atoms with Gasteiger partial charge < -0.3 is 4.74 Å². The number of carbonyl (C=O) groups is 1. The molecule has 0 aliphatic heterocycles. The first-order valence-electron chi connectivity index (χ1n) is 7.23. The highest BCUT2D eigenvalue weighted by molar-refractivity contribution is 7.96. The summed E-state index contributed by atoms with van der Waals surface area (Å²) in [6.45, 7) is 15.2. The molecule has 8 heteroatoms. The zero-order chi connectivity index (χ0) is 18.7. The Balaban J connectivity index is 3.24. The maximum atomic E-state index is 12.7. The molecule has 0 unspecified atom stereocenters. The molecule has 0 N–H and O–H groups in total. The van der Waals surface area contributed by atoms with Crippen molar-refractivity contribution in [3.05, 3.63) is 76.4 Å². The van der Waals surface area contributed by atoms with E-state index < -0.39 is 20.7 Å². The Hall–Kier alpha value is -3.10. The first-order valence-corrected chi connectivity index (χ1v) is 8.72. The van der Waals surface area contributed by atoms with E-state index in [1.807, 2.05) is 0 Å². The Morgan fingerprint density at radius 2 is 1.80 bits per heavy atom. The van der Waals surface area contributed by atoms with E-state index in [9.17, 15) is 13.2 Å². The van der Waals surface area contributed by atoms with E-state index in [1.165, 1.54) is 29.3 Å². The van der Waals surface area contributed by atoms with Gasteiger partial charge in [-0.2, -0.15) is 0 Å². The third-order valence-electron chi connectivity index (χ3n) is 2.87. The highest BCUT2D eigenvalue weighted by Crippen LogP contribution is 2.20. The number of carbonyl (C=O) groups excluding carboxylic acids is 1. The van der Waals surface area contributed by atoms with Crippen LogP contribution < -0.4 is 0 Å². The first kappa shape index (κ1) is 19.9. The zero-order valence-corrected chi connectivity index (χ0v) is 14.4. The number of hydrogen-bond acceptors (Lipinski definition) is 5. The molecule has 0 fully saturated rings. The van der Waals surface area contributed by atoms with Crippen molar-refractivity contribution in [3.8, 4) is 0 Å². The van der Waals surface area contributed by atoms with Crippen molar-refractivity contribution in [2.24, 2.45) is 0 Å². The van der Waals surface area contributed by atoms with Gasteiger partial charge in [0.1, 0.15) is 0 Å². The maximum absolute atomic E-state index is 12.7. The van der Waals surface area contributed by atoms with Gasteiger partial charge in [0.15, 0.2) is 4.91 Å². The number of benzene rings is 1. The van der Waals surface area contributed by atoms with Crippen LogP contribution in [-0.4, -0.2) is 39.2 Å². The second-order valence-electron chi connectivity index (χ2n) is 4.60.